The van der Waals surface area contributed by atoms with Crippen LogP contribution in [-0.4, -0.2) is 31.8 Å². The summed E-state index contributed by atoms with van der Waals surface area (Å²) in [5.74, 6) is 1.81. The largest absolute Gasteiger partial charge is 0.487 e. The minimum Gasteiger partial charge on any atom is -0.487 e. The van der Waals surface area contributed by atoms with E-state index in [0.717, 1.165) is 36.2 Å². The van der Waals surface area contributed by atoms with E-state index in [-0.39, 0.29) is 18.2 Å². The number of fused-ring (bicyclic) bond motifs is 2. The first-order valence-electron chi connectivity index (χ1n) is 9.36. The van der Waals surface area contributed by atoms with Crippen LogP contribution in [-0.2, 0) is 11.3 Å². The fourth-order valence-electron chi connectivity index (χ4n) is 3.55. The summed E-state index contributed by atoms with van der Waals surface area (Å²) in [5.41, 5.74) is 2.47. The predicted octanol–water partition coefficient (Wildman–Crippen LogP) is 2.89. The Balaban J connectivity index is 1.41. The third-order valence-corrected chi connectivity index (χ3v) is 4.98. The molecule has 2 aromatic heterocycles. The summed E-state index contributed by atoms with van der Waals surface area (Å²) in [4.78, 5) is 25.9. The first kappa shape index (κ1) is 16.7. The molecule has 3 aliphatic rings. The van der Waals surface area contributed by atoms with Gasteiger partial charge in [-0.2, -0.15) is 9.50 Å². The van der Waals surface area contributed by atoms with E-state index in [1.54, 1.807) is 0 Å². The summed E-state index contributed by atoms with van der Waals surface area (Å²) in [6, 6.07) is 1.59. The van der Waals surface area contributed by atoms with Crippen molar-refractivity contribution in [2.45, 2.75) is 31.9 Å². The van der Waals surface area contributed by atoms with Crippen molar-refractivity contribution in [2.24, 2.45) is 4.99 Å². The molecule has 0 radical (unpaired) electrons. The van der Waals surface area contributed by atoms with Crippen molar-refractivity contribution in [2.75, 3.05) is 0 Å². The van der Waals surface area contributed by atoms with E-state index in [4.69, 9.17) is 4.74 Å². The Labute approximate surface area is 161 Å². The molecule has 2 aliphatic carbocycles. The standard InChI is InChI=1S/C21H19N5O2/c27-19-12-15(13-28-18-10-4-9-17-16(18)8-5-11-22-17)23-21-24-20(25-26(19)21)14-6-2-1-3-7-14/h1-2,4-6,8,10-12,17H,3,7,9,13H2,(H,23,24,25). The Morgan fingerprint density at radius 3 is 3.07 bits per heavy atom. The molecule has 2 aromatic rings. The fraction of sp³-hybridized carbons (Fsp3) is 0.238. The number of aromatic amines is 1. The van der Waals surface area contributed by atoms with E-state index in [1.807, 2.05) is 36.6 Å². The van der Waals surface area contributed by atoms with Gasteiger partial charge in [0.1, 0.15) is 12.4 Å². The predicted molar refractivity (Wildman–Crippen MR) is 107 cm³/mol. The summed E-state index contributed by atoms with van der Waals surface area (Å²) < 4.78 is 7.33. The van der Waals surface area contributed by atoms with Gasteiger partial charge in [-0.1, -0.05) is 30.4 Å². The first-order valence-corrected chi connectivity index (χ1v) is 9.36. The second kappa shape index (κ2) is 6.92. The lowest BCUT2D eigenvalue weighted by atomic mass is 9.96. The van der Waals surface area contributed by atoms with E-state index < -0.39 is 0 Å². The third kappa shape index (κ3) is 3.05. The van der Waals surface area contributed by atoms with E-state index in [2.05, 4.69) is 32.2 Å². The van der Waals surface area contributed by atoms with Crippen LogP contribution < -0.4 is 5.56 Å². The Kier molecular flexibility index (Phi) is 4.12. The smallest absolute Gasteiger partial charge is 0.274 e. The second-order valence-corrected chi connectivity index (χ2v) is 6.87. The van der Waals surface area contributed by atoms with Crippen LogP contribution in [0.25, 0.3) is 11.4 Å². The molecule has 3 heterocycles. The van der Waals surface area contributed by atoms with Crippen LogP contribution in [0.4, 0.5) is 0 Å². The molecule has 0 saturated carbocycles. The van der Waals surface area contributed by atoms with Crippen LogP contribution in [0.2, 0.25) is 0 Å². The highest BCUT2D eigenvalue weighted by Gasteiger charge is 2.20. The van der Waals surface area contributed by atoms with Gasteiger partial charge in [0.05, 0.1) is 11.7 Å². The topological polar surface area (TPSA) is 84.6 Å². The van der Waals surface area contributed by atoms with Crippen molar-refractivity contribution >= 4 is 17.6 Å². The lowest BCUT2D eigenvalue weighted by Crippen LogP contribution is -2.17. The Morgan fingerprint density at radius 1 is 1.21 bits per heavy atom. The van der Waals surface area contributed by atoms with Crippen LogP contribution in [0, 0.1) is 0 Å². The number of aliphatic imine (C=N–C) groups is 1. The van der Waals surface area contributed by atoms with Crippen LogP contribution >= 0.6 is 0 Å². The van der Waals surface area contributed by atoms with Crippen molar-refractivity contribution in [3.8, 4) is 0 Å². The zero-order valence-electron chi connectivity index (χ0n) is 15.2. The highest BCUT2D eigenvalue weighted by atomic mass is 16.5. The summed E-state index contributed by atoms with van der Waals surface area (Å²) in [6.07, 6.45) is 18.6. The van der Waals surface area contributed by atoms with Gasteiger partial charge in [0.15, 0.2) is 5.82 Å². The van der Waals surface area contributed by atoms with Gasteiger partial charge in [0.2, 0.25) is 0 Å². The number of hydrogen-bond donors (Lipinski definition) is 1. The number of nitrogens with one attached hydrogen (secondary N) is 1. The van der Waals surface area contributed by atoms with Gasteiger partial charge < -0.3 is 4.74 Å². The summed E-state index contributed by atoms with van der Waals surface area (Å²) >= 11 is 0. The Morgan fingerprint density at radius 2 is 2.18 bits per heavy atom. The number of ether oxygens (including phenoxy) is 1. The van der Waals surface area contributed by atoms with E-state index in [0.29, 0.717) is 17.3 Å². The van der Waals surface area contributed by atoms with Crippen molar-refractivity contribution in [1.82, 2.24) is 19.6 Å². The molecule has 0 aromatic carbocycles. The van der Waals surface area contributed by atoms with Crippen LogP contribution in [0.15, 0.2) is 69.7 Å². The maximum atomic E-state index is 12.5. The van der Waals surface area contributed by atoms with E-state index in [9.17, 15) is 4.79 Å². The molecule has 7 nitrogen and oxygen atoms in total. The number of rotatable bonds is 4. The lowest BCUT2D eigenvalue weighted by molar-refractivity contribution is 0.202. The minimum absolute atomic E-state index is 0.109. The molecule has 140 valence electrons. The number of allylic oxidation sites excluding steroid dienone is 6. The van der Waals surface area contributed by atoms with Crippen LogP contribution in [0.5, 0.6) is 0 Å². The highest BCUT2D eigenvalue weighted by Crippen LogP contribution is 2.26. The Hall–Kier alpha value is -3.48. The quantitative estimate of drug-likeness (QED) is 0.893. The molecule has 5 rings (SSSR count). The van der Waals surface area contributed by atoms with Crippen LogP contribution in [0.1, 0.15) is 30.8 Å². The maximum absolute atomic E-state index is 12.5. The number of H-pyrrole nitrogens is 1. The average molecular weight is 373 g/mol. The monoisotopic (exact) mass is 373 g/mol. The molecule has 1 atom stereocenters. The van der Waals surface area contributed by atoms with Gasteiger partial charge in [-0.05, 0) is 37.0 Å². The maximum Gasteiger partial charge on any atom is 0.274 e. The molecule has 28 heavy (non-hydrogen) atoms. The van der Waals surface area contributed by atoms with Gasteiger partial charge in [0, 0.05) is 17.9 Å². The molecule has 0 bridgehead atoms. The van der Waals surface area contributed by atoms with Gasteiger partial charge in [-0.3, -0.25) is 14.9 Å². The van der Waals surface area contributed by atoms with Gasteiger partial charge in [0.25, 0.3) is 11.3 Å². The second-order valence-electron chi connectivity index (χ2n) is 6.87. The van der Waals surface area contributed by atoms with Crippen LogP contribution in [0.3, 0.4) is 0 Å². The van der Waals surface area contributed by atoms with Gasteiger partial charge in [-0.15, -0.1) is 0 Å². The molecule has 1 N–H and O–H groups in total. The molecular formula is C21H19N5O2. The van der Waals surface area contributed by atoms with Crippen molar-refractivity contribution in [1.29, 1.82) is 0 Å². The molecule has 1 aliphatic heterocycles. The molecular weight excluding hydrogens is 354 g/mol. The zero-order valence-corrected chi connectivity index (χ0v) is 15.2. The van der Waals surface area contributed by atoms with E-state index in [1.165, 1.54) is 10.6 Å². The number of hydrogen-bond acceptors (Lipinski definition) is 5. The molecule has 0 spiro atoms. The summed E-state index contributed by atoms with van der Waals surface area (Å²) in [7, 11) is 0. The lowest BCUT2D eigenvalue weighted by Gasteiger charge is -2.21. The minimum atomic E-state index is -0.203. The summed E-state index contributed by atoms with van der Waals surface area (Å²) in [6.45, 7) is 0.201. The molecule has 0 saturated heterocycles. The third-order valence-electron chi connectivity index (χ3n) is 4.98. The summed E-state index contributed by atoms with van der Waals surface area (Å²) in [5, 5.41) is 3.05. The van der Waals surface area contributed by atoms with Gasteiger partial charge in [-0.25, -0.2) is 4.98 Å². The first-order chi connectivity index (χ1) is 13.8. The molecule has 7 heteroatoms. The molecule has 0 fully saturated rings. The van der Waals surface area contributed by atoms with Gasteiger partial charge >= 0.3 is 0 Å². The Bertz CT molecular complexity index is 1170. The number of dihydropyridines is 1. The molecule has 1 unspecified atom stereocenters. The fourth-order valence-corrected chi connectivity index (χ4v) is 3.55. The van der Waals surface area contributed by atoms with Crippen molar-refractivity contribution in [3.05, 3.63) is 81.8 Å². The normalized spacial score (nSPS) is 20.6. The zero-order chi connectivity index (χ0) is 18.9. The van der Waals surface area contributed by atoms with Crippen molar-refractivity contribution in [3.63, 3.8) is 0 Å². The highest BCUT2D eigenvalue weighted by molar-refractivity contribution is 5.75. The number of aromatic nitrogens is 4. The van der Waals surface area contributed by atoms with Crippen molar-refractivity contribution < 1.29 is 4.74 Å². The molecule has 0 amide bonds. The number of nitrogens with zero attached hydrogens (tertiary/aromatic N) is 4. The SMILES string of the molecule is O=c1cc(COC2=C3C=CC=NC3CC=C2)nc2nc(C3=CC=CCC3)[nH]n12. The van der Waals surface area contributed by atoms with E-state index >= 15 is 0 Å². The average Bonchev–Trinajstić information content (AvgIpc) is 3.18.